The lowest BCUT2D eigenvalue weighted by molar-refractivity contribution is -0.116. The monoisotopic (exact) mass is 327 g/mol. The van der Waals surface area contributed by atoms with E-state index in [1.807, 2.05) is 12.1 Å². The third kappa shape index (κ3) is 2.41. The van der Waals surface area contributed by atoms with Gasteiger partial charge in [-0.25, -0.2) is 0 Å². The summed E-state index contributed by atoms with van der Waals surface area (Å²) in [6, 6.07) is 5.34. The largest absolute Gasteiger partial charge is 0.490 e. The summed E-state index contributed by atoms with van der Waals surface area (Å²) in [5, 5.41) is 3.05. The summed E-state index contributed by atoms with van der Waals surface area (Å²) >= 11 is 0. The minimum absolute atomic E-state index is 0.0525. The van der Waals surface area contributed by atoms with Gasteiger partial charge in [0.25, 0.3) is 5.91 Å². The van der Waals surface area contributed by atoms with Crippen molar-refractivity contribution in [3.8, 4) is 11.6 Å². The van der Waals surface area contributed by atoms with Crippen molar-refractivity contribution in [2.24, 2.45) is 5.73 Å². The molecule has 4 rings (SSSR count). The first-order chi connectivity index (χ1) is 11.7. The second kappa shape index (κ2) is 5.64. The van der Waals surface area contributed by atoms with Gasteiger partial charge in [-0.05, 0) is 6.07 Å². The fourth-order valence-electron chi connectivity index (χ4n) is 2.85. The number of ether oxygens (including phenoxy) is 2. The Labute approximate surface area is 138 Å². The molecule has 2 aromatic heterocycles. The number of methoxy groups -OCH3 is 1. The van der Waals surface area contributed by atoms with E-state index in [0.717, 1.165) is 11.4 Å². The minimum atomic E-state index is -0.127. The lowest BCUT2D eigenvalue weighted by Crippen LogP contribution is -2.38. The Balaban J connectivity index is 1.78. The van der Waals surface area contributed by atoms with Gasteiger partial charge < -0.3 is 20.5 Å². The summed E-state index contributed by atoms with van der Waals surface area (Å²) in [6.45, 7) is 0.625. The van der Waals surface area contributed by atoms with Gasteiger partial charge in [0, 0.05) is 24.6 Å². The van der Waals surface area contributed by atoms with Crippen LogP contribution in [0.25, 0.3) is 0 Å². The number of hydrogen-bond acceptors (Lipinski definition) is 7. The van der Waals surface area contributed by atoms with Gasteiger partial charge in [-0.1, -0.05) is 0 Å². The number of nitrogens with one attached hydrogen (secondary N) is 1. The van der Waals surface area contributed by atoms with Crippen LogP contribution < -0.4 is 25.4 Å². The van der Waals surface area contributed by atoms with E-state index in [0.29, 0.717) is 36.2 Å². The first-order valence-electron chi connectivity index (χ1n) is 7.65. The van der Waals surface area contributed by atoms with Gasteiger partial charge in [-0.15, -0.1) is 0 Å². The Bertz CT molecular complexity index is 810. The molecule has 0 saturated carbocycles. The summed E-state index contributed by atoms with van der Waals surface area (Å²) in [4.78, 5) is 22.8. The third-order valence-corrected chi connectivity index (χ3v) is 4.03. The Morgan fingerprint density at radius 2 is 2.33 bits per heavy atom. The molecule has 2 aliphatic rings. The zero-order valence-corrected chi connectivity index (χ0v) is 13.2. The van der Waals surface area contributed by atoms with Crippen molar-refractivity contribution in [3.05, 3.63) is 30.1 Å². The first-order valence-corrected chi connectivity index (χ1v) is 7.65. The van der Waals surface area contributed by atoms with Crippen molar-refractivity contribution in [1.29, 1.82) is 0 Å². The molecule has 2 aromatic rings. The van der Waals surface area contributed by atoms with Crippen LogP contribution in [-0.2, 0) is 11.2 Å². The molecule has 3 N–H and O–H groups in total. The second-order valence-corrected chi connectivity index (χ2v) is 5.72. The molecule has 124 valence electrons. The van der Waals surface area contributed by atoms with Crippen molar-refractivity contribution < 1.29 is 14.3 Å². The summed E-state index contributed by atoms with van der Waals surface area (Å²) in [6.07, 6.45) is 2.31. The summed E-state index contributed by atoms with van der Waals surface area (Å²) in [5.41, 5.74) is 8.06. The number of hydrogen-bond donors (Lipinski definition) is 2. The Morgan fingerprint density at radius 1 is 1.46 bits per heavy atom. The normalized spacial score (nSPS) is 19.0. The van der Waals surface area contributed by atoms with Crippen LogP contribution in [0.4, 0.5) is 17.2 Å². The second-order valence-electron chi connectivity index (χ2n) is 5.72. The fourth-order valence-corrected chi connectivity index (χ4v) is 2.85. The number of rotatable bonds is 2. The zero-order valence-electron chi connectivity index (χ0n) is 13.2. The number of carbonyl (C=O) groups excluding carboxylic acids is 1. The molecule has 0 aliphatic carbocycles. The van der Waals surface area contributed by atoms with Crippen LogP contribution >= 0.6 is 0 Å². The van der Waals surface area contributed by atoms with Crippen molar-refractivity contribution >= 4 is 23.1 Å². The van der Waals surface area contributed by atoms with Gasteiger partial charge in [-0.2, -0.15) is 4.98 Å². The summed E-state index contributed by atoms with van der Waals surface area (Å²) in [5.74, 6) is 1.45. The molecule has 0 fully saturated rings. The number of carbonyl (C=O) groups is 1. The number of amides is 1. The maximum absolute atomic E-state index is 12.5. The van der Waals surface area contributed by atoms with Gasteiger partial charge in [0.15, 0.2) is 5.82 Å². The quantitative estimate of drug-likeness (QED) is 0.842. The van der Waals surface area contributed by atoms with Gasteiger partial charge in [0.2, 0.25) is 5.88 Å². The van der Waals surface area contributed by atoms with Gasteiger partial charge in [0.1, 0.15) is 12.4 Å². The van der Waals surface area contributed by atoms with Crippen LogP contribution in [0.15, 0.2) is 24.4 Å². The predicted molar refractivity (Wildman–Crippen MR) is 87.8 cm³/mol. The highest BCUT2D eigenvalue weighted by Gasteiger charge is 2.29. The third-order valence-electron chi connectivity index (χ3n) is 4.03. The maximum Gasteiger partial charge on any atom is 0.252 e. The van der Waals surface area contributed by atoms with E-state index in [1.54, 1.807) is 12.3 Å². The molecule has 2 aliphatic heterocycles. The fraction of sp³-hybridized carbons (Fsp3) is 0.312. The number of anilines is 3. The Hall–Kier alpha value is -2.87. The highest BCUT2D eigenvalue weighted by Crippen LogP contribution is 2.37. The van der Waals surface area contributed by atoms with Crippen molar-refractivity contribution in [3.63, 3.8) is 0 Å². The van der Waals surface area contributed by atoms with E-state index in [1.165, 1.54) is 12.0 Å². The number of pyridine rings is 2. The molecular weight excluding hydrogens is 310 g/mol. The van der Waals surface area contributed by atoms with Gasteiger partial charge in [0.05, 0.1) is 36.9 Å². The van der Waals surface area contributed by atoms with Gasteiger partial charge in [-0.3, -0.25) is 14.7 Å². The van der Waals surface area contributed by atoms with Crippen LogP contribution in [0.2, 0.25) is 0 Å². The number of aromatic nitrogens is 2. The molecule has 0 saturated heterocycles. The van der Waals surface area contributed by atoms with E-state index < -0.39 is 0 Å². The van der Waals surface area contributed by atoms with Gasteiger partial charge >= 0.3 is 0 Å². The molecule has 0 spiro atoms. The average molecular weight is 327 g/mol. The molecule has 0 aromatic carbocycles. The van der Waals surface area contributed by atoms with E-state index in [9.17, 15) is 4.79 Å². The highest BCUT2D eigenvalue weighted by molar-refractivity contribution is 6.07. The lowest BCUT2D eigenvalue weighted by Gasteiger charge is -2.30. The standard InChI is InChI=1S/C16H17N5O3/c1-23-14-3-2-11-16(20-14)21(15(22)7-19-11)10-5-13-12(18-6-10)4-9(17)8-24-13/h2-3,5-6,9,19H,4,7-8,17H2,1H3. The topological polar surface area (TPSA) is 103 Å². The molecule has 8 nitrogen and oxygen atoms in total. The summed E-state index contributed by atoms with van der Waals surface area (Å²) < 4.78 is 10.8. The van der Waals surface area contributed by atoms with Crippen LogP contribution in [-0.4, -0.2) is 42.2 Å². The van der Waals surface area contributed by atoms with Crippen molar-refractivity contribution in [1.82, 2.24) is 9.97 Å². The smallest absolute Gasteiger partial charge is 0.252 e. The minimum Gasteiger partial charge on any atom is -0.490 e. The molecule has 0 radical (unpaired) electrons. The zero-order chi connectivity index (χ0) is 16.7. The van der Waals surface area contributed by atoms with Crippen LogP contribution in [0.5, 0.6) is 11.6 Å². The maximum atomic E-state index is 12.5. The van der Waals surface area contributed by atoms with Crippen LogP contribution in [0.1, 0.15) is 5.69 Å². The average Bonchev–Trinajstić information content (AvgIpc) is 2.60. The van der Waals surface area contributed by atoms with E-state index in [2.05, 4.69) is 15.3 Å². The lowest BCUT2D eigenvalue weighted by atomic mass is 10.1. The van der Waals surface area contributed by atoms with E-state index >= 15 is 0 Å². The molecule has 1 unspecified atom stereocenters. The van der Waals surface area contributed by atoms with Crippen LogP contribution in [0, 0.1) is 0 Å². The van der Waals surface area contributed by atoms with Crippen molar-refractivity contribution in [2.45, 2.75) is 12.5 Å². The predicted octanol–water partition coefficient (Wildman–Crippen LogP) is 0.838. The molecule has 1 amide bonds. The van der Waals surface area contributed by atoms with E-state index in [4.69, 9.17) is 15.2 Å². The van der Waals surface area contributed by atoms with Crippen molar-refractivity contribution in [2.75, 3.05) is 30.5 Å². The van der Waals surface area contributed by atoms with E-state index in [-0.39, 0.29) is 18.5 Å². The Kier molecular flexibility index (Phi) is 3.46. The number of nitrogens with two attached hydrogens (primary N) is 1. The molecule has 4 heterocycles. The van der Waals surface area contributed by atoms with Crippen LogP contribution in [0.3, 0.4) is 0 Å². The molecule has 8 heteroatoms. The molecule has 0 bridgehead atoms. The molecule has 1 atom stereocenters. The number of fused-ring (bicyclic) bond motifs is 2. The molecule has 24 heavy (non-hydrogen) atoms. The SMILES string of the molecule is COc1ccc2c(n1)N(c1cnc3c(c1)OCC(N)C3)C(=O)CN2. The highest BCUT2D eigenvalue weighted by atomic mass is 16.5. The molecular formula is C16H17N5O3. The Morgan fingerprint density at radius 3 is 3.17 bits per heavy atom. The number of nitrogens with zero attached hydrogens (tertiary/aromatic N) is 3. The summed E-state index contributed by atoms with van der Waals surface area (Å²) in [7, 11) is 1.54. The first kappa shape index (κ1) is 14.7.